The number of benzene rings is 2. The van der Waals surface area contributed by atoms with Crippen LogP contribution in [0.4, 0.5) is 4.39 Å². The Labute approximate surface area is 158 Å². The maximum Gasteiger partial charge on any atom is 0.128 e. The molecule has 0 spiro atoms. The topological polar surface area (TPSA) is 17.8 Å². The summed E-state index contributed by atoms with van der Waals surface area (Å²) < 4.78 is 16.4. The van der Waals surface area contributed by atoms with Crippen molar-refractivity contribution in [3.8, 4) is 11.3 Å². The fourth-order valence-corrected chi connectivity index (χ4v) is 3.40. The zero-order chi connectivity index (χ0) is 17.4. The monoisotopic (exact) mass is 366 g/mol. The highest BCUT2D eigenvalue weighted by Crippen LogP contribution is 2.33. The van der Waals surface area contributed by atoms with Gasteiger partial charge in [-0.25, -0.2) is 4.39 Å². The summed E-state index contributed by atoms with van der Waals surface area (Å²) in [6.07, 6.45) is 1.85. The van der Waals surface area contributed by atoms with Gasteiger partial charge in [0.15, 0.2) is 0 Å². The summed E-state index contributed by atoms with van der Waals surface area (Å²) in [5, 5.41) is 1.17. The van der Waals surface area contributed by atoms with Crippen molar-refractivity contribution in [3.05, 3.63) is 89.5 Å². The van der Waals surface area contributed by atoms with Crippen molar-refractivity contribution in [3.63, 3.8) is 0 Å². The first-order chi connectivity index (χ1) is 12.2. The van der Waals surface area contributed by atoms with Crippen LogP contribution in [0, 0.1) is 19.7 Å². The molecule has 0 aliphatic carbocycles. The number of aromatic nitrogens is 2. The van der Waals surface area contributed by atoms with Gasteiger partial charge in [-0.1, -0.05) is 48.5 Å². The van der Waals surface area contributed by atoms with E-state index in [-0.39, 0.29) is 18.2 Å². The lowest BCUT2D eigenvalue weighted by Crippen LogP contribution is -2.05. The Morgan fingerprint density at radius 1 is 0.923 bits per heavy atom. The van der Waals surface area contributed by atoms with Crippen LogP contribution in [0.5, 0.6) is 0 Å². The molecule has 4 heteroatoms. The van der Waals surface area contributed by atoms with Gasteiger partial charge in [0.05, 0.1) is 17.8 Å². The summed E-state index contributed by atoms with van der Waals surface area (Å²) in [6, 6.07) is 19.2. The Bertz CT molecular complexity index is 1050. The average molecular weight is 367 g/mol. The standard InChI is InChI=1S/C22H19FN2.ClH/c1-15-16(2)25(14-18-10-6-7-11-20(18)23)22-19(15)12-13-24-21(22)17-8-4-3-5-9-17;/h3-13H,14H2,1-2H3;1H. The van der Waals surface area contributed by atoms with Crippen LogP contribution >= 0.6 is 12.4 Å². The number of hydrogen-bond donors (Lipinski definition) is 0. The second-order valence-electron chi connectivity index (χ2n) is 6.31. The molecular formula is C22H20ClFN2. The Kier molecular flexibility index (Phi) is 5.10. The van der Waals surface area contributed by atoms with Gasteiger partial charge in [-0.05, 0) is 31.5 Å². The van der Waals surface area contributed by atoms with Crippen molar-refractivity contribution >= 4 is 23.3 Å². The SMILES string of the molecule is Cc1c(C)n(Cc2ccccc2F)c2c(-c3ccccc3)nccc12.Cl. The van der Waals surface area contributed by atoms with Crippen LogP contribution in [0.2, 0.25) is 0 Å². The van der Waals surface area contributed by atoms with Gasteiger partial charge < -0.3 is 4.57 Å². The molecule has 26 heavy (non-hydrogen) atoms. The number of fused-ring (bicyclic) bond motifs is 1. The Morgan fingerprint density at radius 3 is 2.35 bits per heavy atom. The van der Waals surface area contributed by atoms with E-state index in [4.69, 9.17) is 0 Å². The predicted molar refractivity (Wildman–Crippen MR) is 107 cm³/mol. The Balaban J connectivity index is 0.00000196. The van der Waals surface area contributed by atoms with Gasteiger partial charge in [0.25, 0.3) is 0 Å². The minimum Gasteiger partial charge on any atom is -0.338 e. The largest absolute Gasteiger partial charge is 0.338 e. The molecule has 0 N–H and O–H groups in total. The third-order valence-electron chi connectivity index (χ3n) is 4.88. The van der Waals surface area contributed by atoms with Crippen molar-refractivity contribution in [2.24, 2.45) is 0 Å². The van der Waals surface area contributed by atoms with Crippen LogP contribution in [0.15, 0.2) is 66.9 Å². The molecule has 0 atom stereocenters. The molecule has 0 aliphatic rings. The Hall–Kier alpha value is -2.65. The molecule has 0 amide bonds. The van der Waals surface area contributed by atoms with E-state index in [1.807, 2.05) is 42.6 Å². The van der Waals surface area contributed by atoms with Crippen LogP contribution in [-0.4, -0.2) is 9.55 Å². The summed E-state index contributed by atoms with van der Waals surface area (Å²) in [4.78, 5) is 4.64. The van der Waals surface area contributed by atoms with E-state index in [0.29, 0.717) is 12.1 Å². The molecule has 0 bridgehead atoms. The second-order valence-corrected chi connectivity index (χ2v) is 6.31. The third-order valence-corrected chi connectivity index (χ3v) is 4.88. The molecule has 0 unspecified atom stereocenters. The number of halogens is 2. The third kappa shape index (κ3) is 2.99. The molecular weight excluding hydrogens is 347 g/mol. The van der Waals surface area contributed by atoms with E-state index >= 15 is 0 Å². The van der Waals surface area contributed by atoms with E-state index in [1.54, 1.807) is 6.07 Å². The van der Waals surface area contributed by atoms with Gasteiger partial charge in [-0.3, -0.25) is 4.98 Å². The van der Waals surface area contributed by atoms with E-state index in [1.165, 1.54) is 17.0 Å². The van der Waals surface area contributed by atoms with Crippen molar-refractivity contribution in [2.45, 2.75) is 20.4 Å². The summed E-state index contributed by atoms with van der Waals surface area (Å²) in [5.41, 5.74) is 6.11. The minimum absolute atomic E-state index is 0. The molecule has 4 rings (SSSR count). The van der Waals surface area contributed by atoms with E-state index in [0.717, 1.165) is 22.5 Å². The molecule has 0 aliphatic heterocycles. The lowest BCUT2D eigenvalue weighted by molar-refractivity contribution is 0.600. The first-order valence-corrected chi connectivity index (χ1v) is 8.40. The summed E-state index contributed by atoms with van der Waals surface area (Å²) in [5.74, 6) is -0.174. The molecule has 0 saturated heterocycles. The first-order valence-electron chi connectivity index (χ1n) is 8.40. The quantitative estimate of drug-likeness (QED) is 0.439. The van der Waals surface area contributed by atoms with Gasteiger partial charge >= 0.3 is 0 Å². The van der Waals surface area contributed by atoms with Crippen molar-refractivity contribution in [1.29, 1.82) is 0 Å². The molecule has 2 nitrogen and oxygen atoms in total. The minimum atomic E-state index is -0.174. The lowest BCUT2D eigenvalue weighted by atomic mass is 10.1. The average Bonchev–Trinajstić information content (AvgIpc) is 2.89. The highest BCUT2D eigenvalue weighted by atomic mass is 35.5. The zero-order valence-corrected chi connectivity index (χ0v) is 15.6. The number of nitrogens with zero attached hydrogens (tertiary/aromatic N) is 2. The Morgan fingerprint density at radius 2 is 1.62 bits per heavy atom. The predicted octanol–water partition coefficient (Wildman–Crippen LogP) is 5.93. The van der Waals surface area contributed by atoms with Crippen molar-refractivity contribution in [1.82, 2.24) is 9.55 Å². The molecule has 0 radical (unpaired) electrons. The van der Waals surface area contributed by atoms with Gasteiger partial charge in [0, 0.05) is 28.4 Å². The van der Waals surface area contributed by atoms with Crippen molar-refractivity contribution < 1.29 is 4.39 Å². The molecule has 0 fully saturated rings. The van der Waals surface area contributed by atoms with Crippen LogP contribution in [-0.2, 0) is 6.54 Å². The zero-order valence-electron chi connectivity index (χ0n) is 14.7. The highest BCUT2D eigenvalue weighted by Gasteiger charge is 2.17. The summed E-state index contributed by atoms with van der Waals surface area (Å²) >= 11 is 0. The fraction of sp³-hybridized carbons (Fsp3) is 0.136. The molecule has 4 aromatic rings. The van der Waals surface area contributed by atoms with Gasteiger partial charge in [0.1, 0.15) is 5.82 Å². The molecule has 2 aromatic heterocycles. The van der Waals surface area contributed by atoms with Crippen LogP contribution < -0.4 is 0 Å². The normalized spacial score (nSPS) is 10.7. The maximum absolute atomic E-state index is 14.2. The summed E-state index contributed by atoms with van der Waals surface area (Å²) in [7, 11) is 0. The summed E-state index contributed by atoms with van der Waals surface area (Å²) in [6.45, 7) is 4.70. The maximum atomic E-state index is 14.2. The van der Waals surface area contributed by atoms with Crippen LogP contribution in [0.3, 0.4) is 0 Å². The van der Waals surface area contributed by atoms with E-state index < -0.39 is 0 Å². The molecule has 132 valence electrons. The van der Waals surface area contributed by atoms with Crippen molar-refractivity contribution in [2.75, 3.05) is 0 Å². The van der Waals surface area contributed by atoms with Gasteiger partial charge in [-0.15, -0.1) is 12.4 Å². The van der Waals surface area contributed by atoms with Crippen LogP contribution in [0.25, 0.3) is 22.2 Å². The van der Waals surface area contributed by atoms with Gasteiger partial charge in [0.2, 0.25) is 0 Å². The smallest absolute Gasteiger partial charge is 0.128 e. The number of rotatable bonds is 3. The fourth-order valence-electron chi connectivity index (χ4n) is 3.40. The highest BCUT2D eigenvalue weighted by molar-refractivity contribution is 5.95. The van der Waals surface area contributed by atoms with Gasteiger partial charge in [-0.2, -0.15) is 0 Å². The van der Waals surface area contributed by atoms with Crippen LogP contribution in [0.1, 0.15) is 16.8 Å². The molecule has 2 aromatic carbocycles. The number of pyridine rings is 1. The first kappa shape index (κ1) is 18.2. The molecule has 0 saturated carbocycles. The lowest BCUT2D eigenvalue weighted by Gasteiger charge is -2.12. The number of hydrogen-bond acceptors (Lipinski definition) is 1. The second kappa shape index (κ2) is 7.30. The molecule has 2 heterocycles. The van der Waals surface area contributed by atoms with E-state index in [2.05, 4.69) is 35.5 Å². The van der Waals surface area contributed by atoms with E-state index in [9.17, 15) is 4.39 Å². The number of aryl methyl sites for hydroxylation is 1.